The van der Waals surface area contributed by atoms with Crippen LogP contribution in [0.4, 0.5) is 11.4 Å². The first-order chi connectivity index (χ1) is 11.6. The third-order valence-electron chi connectivity index (χ3n) is 3.27. The van der Waals surface area contributed by atoms with E-state index in [-0.39, 0.29) is 11.8 Å². The van der Waals surface area contributed by atoms with Gasteiger partial charge >= 0.3 is 0 Å². The van der Waals surface area contributed by atoms with Gasteiger partial charge < -0.3 is 10.6 Å². The number of hydrogen-bond acceptors (Lipinski definition) is 3. The number of thiophene rings is 1. The summed E-state index contributed by atoms with van der Waals surface area (Å²) in [6.07, 6.45) is 0. The van der Waals surface area contributed by atoms with Crippen LogP contribution < -0.4 is 10.6 Å². The molecule has 0 atom stereocenters. The highest BCUT2D eigenvalue weighted by Gasteiger charge is 2.10. The molecule has 1 heterocycles. The van der Waals surface area contributed by atoms with Crippen LogP contribution in [0.1, 0.15) is 20.0 Å². The van der Waals surface area contributed by atoms with Crippen LogP contribution >= 0.6 is 22.9 Å². The van der Waals surface area contributed by atoms with Gasteiger partial charge in [-0.25, -0.2) is 0 Å². The smallest absolute Gasteiger partial charge is 0.265 e. The first-order valence-corrected chi connectivity index (χ1v) is 8.40. The van der Waals surface area contributed by atoms with Crippen molar-refractivity contribution in [3.63, 3.8) is 0 Å². The lowest BCUT2D eigenvalue weighted by molar-refractivity contribution is 0.102. The van der Waals surface area contributed by atoms with E-state index in [4.69, 9.17) is 11.6 Å². The molecule has 0 spiro atoms. The van der Waals surface area contributed by atoms with Crippen LogP contribution in [0.3, 0.4) is 0 Å². The summed E-state index contributed by atoms with van der Waals surface area (Å²) in [5.41, 5.74) is 1.66. The molecule has 2 aromatic carbocycles. The van der Waals surface area contributed by atoms with Crippen LogP contribution in [0, 0.1) is 0 Å². The van der Waals surface area contributed by atoms with Gasteiger partial charge in [-0.1, -0.05) is 29.8 Å². The fourth-order valence-corrected chi connectivity index (χ4v) is 2.86. The average Bonchev–Trinajstić information content (AvgIpc) is 3.12. The predicted octanol–water partition coefficient (Wildman–Crippen LogP) is 4.91. The molecule has 0 saturated carbocycles. The average molecular weight is 357 g/mol. The monoisotopic (exact) mass is 356 g/mol. The Hall–Kier alpha value is -2.63. The molecule has 0 bridgehead atoms. The molecule has 0 saturated heterocycles. The Balaban J connectivity index is 1.67. The van der Waals surface area contributed by atoms with E-state index in [1.165, 1.54) is 11.3 Å². The van der Waals surface area contributed by atoms with Gasteiger partial charge in [-0.2, -0.15) is 0 Å². The minimum absolute atomic E-state index is 0.168. The number of benzene rings is 2. The summed E-state index contributed by atoms with van der Waals surface area (Å²) < 4.78 is 0. The van der Waals surface area contributed by atoms with E-state index in [0.29, 0.717) is 26.8 Å². The zero-order chi connectivity index (χ0) is 16.9. The lowest BCUT2D eigenvalue weighted by atomic mass is 10.2. The number of carbonyl (C=O) groups excluding carboxylic acids is 2. The number of hydrogen-bond donors (Lipinski definition) is 2. The molecule has 0 aliphatic heterocycles. The zero-order valence-corrected chi connectivity index (χ0v) is 14.0. The lowest BCUT2D eigenvalue weighted by Gasteiger charge is -2.08. The normalized spacial score (nSPS) is 10.2. The van der Waals surface area contributed by atoms with Crippen molar-refractivity contribution in [3.8, 4) is 0 Å². The Morgan fingerprint density at radius 2 is 1.58 bits per heavy atom. The molecular formula is C18H13ClN2O2S. The van der Waals surface area contributed by atoms with Gasteiger partial charge in [0.15, 0.2) is 0 Å². The van der Waals surface area contributed by atoms with E-state index in [9.17, 15) is 9.59 Å². The standard InChI is InChI=1S/C18H13ClN2O2S/c19-14-4-1-2-5-15(14)21-17(22)12-7-9-13(10-8-12)20-18(23)16-6-3-11-24-16/h1-11H,(H,20,23)(H,21,22). The first kappa shape index (κ1) is 16.2. The van der Waals surface area contributed by atoms with Crippen LogP contribution in [-0.2, 0) is 0 Å². The minimum Gasteiger partial charge on any atom is -0.321 e. The third kappa shape index (κ3) is 3.82. The quantitative estimate of drug-likeness (QED) is 0.698. The van der Waals surface area contributed by atoms with Gasteiger partial charge in [0.05, 0.1) is 15.6 Å². The van der Waals surface area contributed by atoms with Crippen LogP contribution in [0.5, 0.6) is 0 Å². The summed E-state index contributed by atoms with van der Waals surface area (Å²) in [5.74, 6) is -0.433. The molecule has 3 rings (SSSR count). The largest absolute Gasteiger partial charge is 0.321 e. The Morgan fingerprint density at radius 3 is 2.25 bits per heavy atom. The molecule has 1 aromatic heterocycles. The topological polar surface area (TPSA) is 58.2 Å². The number of halogens is 1. The third-order valence-corrected chi connectivity index (χ3v) is 4.47. The van der Waals surface area contributed by atoms with E-state index in [0.717, 1.165) is 0 Å². The fraction of sp³-hybridized carbons (Fsp3) is 0. The van der Waals surface area contributed by atoms with E-state index in [1.54, 1.807) is 54.6 Å². The van der Waals surface area contributed by atoms with Crippen molar-refractivity contribution in [2.75, 3.05) is 10.6 Å². The molecule has 2 N–H and O–H groups in total. The Morgan fingerprint density at radius 1 is 0.833 bits per heavy atom. The van der Waals surface area contributed by atoms with Gasteiger partial charge in [-0.05, 0) is 47.8 Å². The fourth-order valence-electron chi connectivity index (χ4n) is 2.06. The zero-order valence-electron chi connectivity index (χ0n) is 12.5. The molecule has 24 heavy (non-hydrogen) atoms. The molecule has 6 heteroatoms. The summed E-state index contributed by atoms with van der Waals surface area (Å²) in [4.78, 5) is 24.8. The second-order valence-electron chi connectivity index (χ2n) is 4.94. The van der Waals surface area contributed by atoms with Crippen molar-refractivity contribution in [2.45, 2.75) is 0 Å². The molecule has 0 aliphatic rings. The molecule has 120 valence electrons. The summed E-state index contributed by atoms with van der Waals surface area (Å²) in [6, 6.07) is 17.3. The van der Waals surface area contributed by atoms with Crippen molar-refractivity contribution < 1.29 is 9.59 Å². The van der Waals surface area contributed by atoms with Crippen molar-refractivity contribution in [1.82, 2.24) is 0 Å². The van der Waals surface area contributed by atoms with E-state index in [1.807, 2.05) is 11.4 Å². The van der Waals surface area contributed by atoms with Crippen molar-refractivity contribution in [1.29, 1.82) is 0 Å². The van der Waals surface area contributed by atoms with Crippen molar-refractivity contribution in [3.05, 3.63) is 81.5 Å². The first-order valence-electron chi connectivity index (χ1n) is 7.14. The second-order valence-corrected chi connectivity index (χ2v) is 6.30. The Labute approximate surface area is 148 Å². The highest BCUT2D eigenvalue weighted by atomic mass is 35.5. The maximum Gasteiger partial charge on any atom is 0.265 e. The van der Waals surface area contributed by atoms with E-state index < -0.39 is 0 Å². The minimum atomic E-state index is -0.265. The molecule has 4 nitrogen and oxygen atoms in total. The number of amides is 2. The summed E-state index contributed by atoms with van der Waals surface area (Å²) in [5, 5.41) is 7.86. The highest BCUT2D eigenvalue weighted by molar-refractivity contribution is 7.12. The Bertz CT molecular complexity index is 861. The number of rotatable bonds is 4. The predicted molar refractivity (Wildman–Crippen MR) is 98.1 cm³/mol. The number of nitrogens with one attached hydrogen (secondary N) is 2. The molecule has 0 radical (unpaired) electrons. The Kier molecular flexibility index (Phi) is 4.93. The van der Waals surface area contributed by atoms with E-state index in [2.05, 4.69) is 10.6 Å². The van der Waals surface area contributed by atoms with Crippen molar-refractivity contribution >= 4 is 46.1 Å². The molecule has 0 unspecified atom stereocenters. The van der Waals surface area contributed by atoms with Gasteiger partial charge in [-0.3, -0.25) is 9.59 Å². The summed E-state index contributed by atoms with van der Waals surface area (Å²) in [7, 11) is 0. The highest BCUT2D eigenvalue weighted by Crippen LogP contribution is 2.21. The van der Waals surface area contributed by atoms with Crippen LogP contribution in [0.25, 0.3) is 0 Å². The maximum absolute atomic E-state index is 12.2. The number of carbonyl (C=O) groups is 2. The van der Waals surface area contributed by atoms with Crippen LogP contribution in [-0.4, -0.2) is 11.8 Å². The van der Waals surface area contributed by atoms with Gasteiger partial charge in [0.2, 0.25) is 0 Å². The molecule has 3 aromatic rings. The SMILES string of the molecule is O=C(Nc1ccccc1Cl)c1ccc(NC(=O)c2cccs2)cc1. The maximum atomic E-state index is 12.2. The molecule has 2 amide bonds. The summed E-state index contributed by atoms with van der Waals surface area (Å²) in [6.45, 7) is 0. The number of anilines is 2. The molecular weight excluding hydrogens is 344 g/mol. The molecule has 0 fully saturated rings. The van der Waals surface area contributed by atoms with E-state index >= 15 is 0 Å². The molecule has 0 aliphatic carbocycles. The van der Waals surface area contributed by atoms with Crippen LogP contribution in [0.15, 0.2) is 66.0 Å². The summed E-state index contributed by atoms with van der Waals surface area (Å²) >= 11 is 7.40. The second kappa shape index (κ2) is 7.29. The van der Waals surface area contributed by atoms with Crippen molar-refractivity contribution in [2.24, 2.45) is 0 Å². The lowest BCUT2D eigenvalue weighted by Crippen LogP contribution is -2.13. The van der Waals surface area contributed by atoms with Crippen LogP contribution in [0.2, 0.25) is 5.02 Å². The van der Waals surface area contributed by atoms with Gasteiger partial charge in [0, 0.05) is 11.3 Å². The van der Waals surface area contributed by atoms with Gasteiger partial charge in [0.1, 0.15) is 0 Å². The van der Waals surface area contributed by atoms with Gasteiger partial charge in [0.25, 0.3) is 11.8 Å². The van der Waals surface area contributed by atoms with Gasteiger partial charge in [-0.15, -0.1) is 11.3 Å². The number of para-hydroxylation sites is 1.